The lowest BCUT2D eigenvalue weighted by molar-refractivity contribution is -0.128. The minimum Gasteiger partial charge on any atom is -0.357 e. The summed E-state index contributed by atoms with van der Waals surface area (Å²) in [6.07, 6.45) is 6.70. The number of amides is 1. The highest BCUT2D eigenvalue weighted by Crippen LogP contribution is 2.15. The lowest BCUT2D eigenvalue weighted by Crippen LogP contribution is -2.37. The van der Waals surface area contributed by atoms with Crippen LogP contribution < -0.4 is 10.6 Å². The van der Waals surface area contributed by atoms with Gasteiger partial charge in [0.25, 0.3) is 0 Å². The zero-order valence-corrected chi connectivity index (χ0v) is 16.4. The summed E-state index contributed by atoms with van der Waals surface area (Å²) >= 11 is 0. The molecule has 1 aromatic rings. The smallest absolute Gasteiger partial charge is 0.222 e. The van der Waals surface area contributed by atoms with Gasteiger partial charge in [0.1, 0.15) is 0 Å². The maximum Gasteiger partial charge on any atom is 0.222 e. The topological polar surface area (TPSA) is 56.7 Å². The summed E-state index contributed by atoms with van der Waals surface area (Å²) in [7, 11) is 0. The molecule has 5 nitrogen and oxygen atoms in total. The third kappa shape index (κ3) is 7.06. The molecule has 0 spiro atoms. The second-order valence-electron chi connectivity index (χ2n) is 6.92. The monoisotopic (exact) mass is 358 g/mol. The van der Waals surface area contributed by atoms with E-state index in [0.717, 1.165) is 38.6 Å². The molecule has 0 aromatic heterocycles. The van der Waals surface area contributed by atoms with E-state index in [0.29, 0.717) is 13.0 Å². The molecule has 26 heavy (non-hydrogen) atoms. The fourth-order valence-corrected chi connectivity index (χ4v) is 3.11. The van der Waals surface area contributed by atoms with Crippen LogP contribution in [0.5, 0.6) is 0 Å². The van der Waals surface area contributed by atoms with Crippen LogP contribution in [0.3, 0.4) is 0 Å². The van der Waals surface area contributed by atoms with E-state index in [9.17, 15) is 4.79 Å². The molecule has 0 atom stereocenters. The number of guanidine groups is 1. The van der Waals surface area contributed by atoms with Gasteiger partial charge in [0.05, 0.1) is 6.54 Å². The Kier molecular flexibility index (Phi) is 9.01. The lowest BCUT2D eigenvalue weighted by Gasteiger charge is -2.15. The first kappa shape index (κ1) is 20.3. The predicted octanol–water partition coefficient (Wildman–Crippen LogP) is 3.44. The highest BCUT2D eigenvalue weighted by Gasteiger charge is 2.19. The van der Waals surface area contributed by atoms with Gasteiger partial charge in [-0.05, 0) is 30.9 Å². The van der Waals surface area contributed by atoms with Crippen molar-refractivity contribution in [2.75, 3.05) is 19.6 Å². The van der Waals surface area contributed by atoms with Gasteiger partial charge in [-0.2, -0.15) is 0 Å². The van der Waals surface area contributed by atoms with E-state index in [4.69, 9.17) is 0 Å². The summed E-state index contributed by atoms with van der Waals surface area (Å²) < 4.78 is 0. The van der Waals surface area contributed by atoms with E-state index in [2.05, 4.69) is 53.7 Å². The van der Waals surface area contributed by atoms with E-state index >= 15 is 0 Å². The average Bonchev–Trinajstić information content (AvgIpc) is 3.05. The number of nitrogens with zero attached hydrogens (tertiary/aromatic N) is 2. The Morgan fingerprint density at radius 1 is 1.08 bits per heavy atom. The standard InChI is InChI=1S/C21H34N4O/c1-3-5-6-7-14-23-21(22-4-2)24-16-18-10-12-19(13-11-18)17-25-15-8-9-20(25)26/h10-13H,3-9,14-17H2,1-2H3,(H2,22,23,24). The molecule has 2 rings (SSSR count). The zero-order valence-electron chi connectivity index (χ0n) is 16.4. The number of benzene rings is 1. The second kappa shape index (κ2) is 11.6. The van der Waals surface area contributed by atoms with Gasteiger partial charge in [0.15, 0.2) is 5.96 Å². The number of aliphatic imine (C=N–C) groups is 1. The van der Waals surface area contributed by atoms with E-state index < -0.39 is 0 Å². The van der Waals surface area contributed by atoms with Gasteiger partial charge >= 0.3 is 0 Å². The van der Waals surface area contributed by atoms with Crippen LogP contribution in [0, 0.1) is 0 Å². The summed E-state index contributed by atoms with van der Waals surface area (Å²) in [5.41, 5.74) is 2.37. The van der Waals surface area contributed by atoms with Gasteiger partial charge in [-0.15, -0.1) is 0 Å². The van der Waals surface area contributed by atoms with Crippen molar-refractivity contribution in [2.45, 2.75) is 65.5 Å². The highest BCUT2D eigenvalue weighted by molar-refractivity contribution is 5.79. The van der Waals surface area contributed by atoms with Gasteiger partial charge in [-0.3, -0.25) is 4.79 Å². The molecule has 1 saturated heterocycles. The minimum atomic E-state index is 0.277. The Hall–Kier alpha value is -2.04. The number of hydrogen-bond acceptors (Lipinski definition) is 2. The van der Waals surface area contributed by atoms with Crippen molar-refractivity contribution < 1.29 is 4.79 Å². The molecule has 144 valence electrons. The number of nitrogens with one attached hydrogen (secondary N) is 2. The Bertz CT molecular complexity index is 568. The number of rotatable bonds is 10. The van der Waals surface area contributed by atoms with E-state index in [1.807, 2.05) is 4.90 Å². The lowest BCUT2D eigenvalue weighted by atomic mass is 10.1. The van der Waals surface area contributed by atoms with Crippen LogP contribution >= 0.6 is 0 Å². The minimum absolute atomic E-state index is 0.277. The summed E-state index contributed by atoms with van der Waals surface area (Å²) in [4.78, 5) is 18.3. The van der Waals surface area contributed by atoms with Crippen molar-refractivity contribution in [1.82, 2.24) is 15.5 Å². The van der Waals surface area contributed by atoms with Crippen LogP contribution in [0.1, 0.15) is 63.5 Å². The molecule has 0 saturated carbocycles. The molecule has 1 aromatic carbocycles. The second-order valence-corrected chi connectivity index (χ2v) is 6.92. The summed E-state index contributed by atoms with van der Waals surface area (Å²) in [6.45, 7) is 8.42. The van der Waals surface area contributed by atoms with Crippen LogP contribution in [0.4, 0.5) is 0 Å². The van der Waals surface area contributed by atoms with Crippen molar-refractivity contribution in [2.24, 2.45) is 4.99 Å². The van der Waals surface area contributed by atoms with Crippen LogP contribution in [0.15, 0.2) is 29.3 Å². The number of likely N-dealkylation sites (tertiary alicyclic amines) is 1. The van der Waals surface area contributed by atoms with Crippen LogP contribution in [0.25, 0.3) is 0 Å². The Morgan fingerprint density at radius 3 is 2.50 bits per heavy atom. The zero-order chi connectivity index (χ0) is 18.6. The van der Waals surface area contributed by atoms with Gasteiger partial charge < -0.3 is 15.5 Å². The van der Waals surface area contributed by atoms with Crippen LogP contribution in [-0.4, -0.2) is 36.4 Å². The molecule has 0 aliphatic carbocycles. The van der Waals surface area contributed by atoms with E-state index in [1.165, 1.54) is 36.8 Å². The first-order chi connectivity index (χ1) is 12.7. The Morgan fingerprint density at radius 2 is 1.85 bits per heavy atom. The maximum atomic E-state index is 11.7. The maximum absolute atomic E-state index is 11.7. The molecule has 1 fully saturated rings. The van der Waals surface area contributed by atoms with Crippen LogP contribution in [0.2, 0.25) is 0 Å². The molecule has 0 unspecified atom stereocenters. The summed E-state index contributed by atoms with van der Waals surface area (Å²) in [5, 5.41) is 6.71. The van der Waals surface area contributed by atoms with Gasteiger partial charge in [-0.1, -0.05) is 50.5 Å². The summed E-state index contributed by atoms with van der Waals surface area (Å²) in [6, 6.07) is 8.46. The normalized spacial score (nSPS) is 14.8. The number of hydrogen-bond donors (Lipinski definition) is 2. The third-order valence-corrected chi connectivity index (χ3v) is 4.65. The van der Waals surface area contributed by atoms with Crippen molar-refractivity contribution in [3.8, 4) is 0 Å². The van der Waals surface area contributed by atoms with Gasteiger partial charge in [-0.25, -0.2) is 4.99 Å². The number of unbranched alkanes of at least 4 members (excludes halogenated alkanes) is 3. The molecule has 0 radical (unpaired) electrons. The molecule has 1 aliphatic heterocycles. The van der Waals surface area contributed by atoms with E-state index in [1.54, 1.807) is 0 Å². The molecular weight excluding hydrogens is 324 g/mol. The average molecular weight is 359 g/mol. The number of carbonyl (C=O) groups is 1. The fourth-order valence-electron chi connectivity index (χ4n) is 3.11. The van der Waals surface area contributed by atoms with Crippen LogP contribution in [-0.2, 0) is 17.9 Å². The SMILES string of the molecule is CCCCCCNC(=NCc1ccc(CN2CCCC2=O)cc1)NCC. The van der Waals surface area contributed by atoms with Crippen molar-refractivity contribution in [3.63, 3.8) is 0 Å². The highest BCUT2D eigenvalue weighted by atomic mass is 16.2. The van der Waals surface area contributed by atoms with Gasteiger partial charge in [0, 0.05) is 32.6 Å². The quantitative estimate of drug-likeness (QED) is 0.383. The molecule has 5 heteroatoms. The number of carbonyl (C=O) groups excluding carboxylic acids is 1. The molecule has 0 bridgehead atoms. The predicted molar refractivity (Wildman–Crippen MR) is 108 cm³/mol. The molecule has 1 heterocycles. The Labute approximate surface area is 158 Å². The van der Waals surface area contributed by atoms with E-state index in [-0.39, 0.29) is 5.91 Å². The largest absolute Gasteiger partial charge is 0.357 e. The summed E-state index contributed by atoms with van der Waals surface area (Å²) in [5.74, 6) is 1.16. The molecular formula is C21H34N4O. The first-order valence-corrected chi connectivity index (χ1v) is 10.1. The van der Waals surface area contributed by atoms with Crippen molar-refractivity contribution >= 4 is 11.9 Å². The van der Waals surface area contributed by atoms with Crippen molar-refractivity contribution in [3.05, 3.63) is 35.4 Å². The first-order valence-electron chi connectivity index (χ1n) is 10.1. The van der Waals surface area contributed by atoms with Gasteiger partial charge in [0.2, 0.25) is 5.91 Å². The molecule has 2 N–H and O–H groups in total. The molecule has 1 amide bonds. The Balaban J connectivity index is 1.80. The third-order valence-electron chi connectivity index (χ3n) is 4.65. The molecule has 1 aliphatic rings. The fraction of sp³-hybridized carbons (Fsp3) is 0.619. The van der Waals surface area contributed by atoms with Crippen molar-refractivity contribution in [1.29, 1.82) is 0 Å².